The summed E-state index contributed by atoms with van der Waals surface area (Å²) in [5.41, 5.74) is 3.46. The van der Waals surface area contributed by atoms with E-state index in [-0.39, 0.29) is 0 Å². The Labute approximate surface area is 135 Å². The lowest BCUT2D eigenvalue weighted by atomic mass is 10.1. The number of aliphatic imine (C=N–C) groups is 2. The molecule has 0 amide bonds. The number of para-hydroxylation sites is 1. The topological polar surface area (TPSA) is 60.8 Å². The van der Waals surface area contributed by atoms with Crippen LogP contribution in [0.25, 0.3) is 0 Å². The van der Waals surface area contributed by atoms with Gasteiger partial charge in [0.1, 0.15) is 0 Å². The number of guanidine groups is 1. The lowest BCUT2D eigenvalue weighted by Gasteiger charge is -2.13. The highest BCUT2D eigenvalue weighted by molar-refractivity contribution is 5.82. The maximum Gasteiger partial charge on any atom is 0.191 e. The zero-order valence-corrected chi connectivity index (χ0v) is 14.8. The molecule has 1 fully saturated rings. The van der Waals surface area contributed by atoms with Crippen molar-refractivity contribution in [1.29, 1.82) is 0 Å². The molecular formula is C17H31N5. The first-order valence-electron chi connectivity index (χ1n) is 8.12. The van der Waals surface area contributed by atoms with Gasteiger partial charge in [0, 0.05) is 26.4 Å². The smallest absolute Gasteiger partial charge is 0.191 e. The minimum Gasteiger partial charge on any atom is -0.378 e. The van der Waals surface area contributed by atoms with E-state index >= 15 is 0 Å². The summed E-state index contributed by atoms with van der Waals surface area (Å²) in [6.07, 6.45) is 1.90. The number of aryl methyl sites for hydroxylation is 1. The number of hydrogen-bond donors (Lipinski definition) is 3. The largest absolute Gasteiger partial charge is 0.378 e. The third kappa shape index (κ3) is 6.61. The molecule has 3 N–H and O–H groups in total. The number of benzene rings is 1. The third-order valence-corrected chi connectivity index (χ3v) is 2.78. The van der Waals surface area contributed by atoms with Gasteiger partial charge in [-0.2, -0.15) is 0 Å². The van der Waals surface area contributed by atoms with Crippen LogP contribution in [0.2, 0.25) is 0 Å². The van der Waals surface area contributed by atoms with Gasteiger partial charge in [-0.3, -0.25) is 9.98 Å². The molecule has 5 heteroatoms. The van der Waals surface area contributed by atoms with Gasteiger partial charge in [0.2, 0.25) is 0 Å². The molecule has 2 aliphatic rings. The first-order chi connectivity index (χ1) is 10.8. The standard InChI is InChI=1S/C9H10N2.C4H9N3.2C2H6/c1-7-3-2-4-8-9(7)11-6-5-10-8;1-5-4-6-2-3-7-4;2*1-2/h2-4,6,10H,5H2,1H3;2-3H2,1H3,(H2,5,6,7);2*1-2H3. The first kappa shape index (κ1) is 20.0. The van der Waals surface area contributed by atoms with Crippen LogP contribution in [0.1, 0.15) is 33.3 Å². The van der Waals surface area contributed by atoms with Gasteiger partial charge < -0.3 is 16.0 Å². The summed E-state index contributed by atoms with van der Waals surface area (Å²) in [7, 11) is 1.76. The van der Waals surface area contributed by atoms with Gasteiger partial charge in [-0.05, 0) is 18.6 Å². The Kier molecular flexibility index (Phi) is 11.5. The Hall–Kier alpha value is -2.04. The Morgan fingerprint density at radius 1 is 1.00 bits per heavy atom. The summed E-state index contributed by atoms with van der Waals surface area (Å²) in [6.45, 7) is 12.9. The minimum atomic E-state index is 0.844. The predicted molar refractivity (Wildman–Crippen MR) is 99.9 cm³/mol. The fourth-order valence-corrected chi connectivity index (χ4v) is 1.85. The van der Waals surface area contributed by atoms with E-state index in [2.05, 4.69) is 45.0 Å². The molecule has 0 bridgehead atoms. The second-order valence-electron chi connectivity index (χ2n) is 4.09. The van der Waals surface area contributed by atoms with Gasteiger partial charge in [-0.15, -0.1) is 0 Å². The van der Waals surface area contributed by atoms with Crippen molar-refractivity contribution < 1.29 is 0 Å². The van der Waals surface area contributed by atoms with E-state index in [1.54, 1.807) is 7.05 Å². The lowest BCUT2D eigenvalue weighted by Crippen LogP contribution is -2.23. The van der Waals surface area contributed by atoms with Crippen LogP contribution in [-0.4, -0.2) is 38.9 Å². The average Bonchev–Trinajstić information content (AvgIpc) is 3.13. The third-order valence-electron chi connectivity index (χ3n) is 2.78. The maximum absolute atomic E-state index is 4.31. The summed E-state index contributed by atoms with van der Waals surface area (Å²) in [6, 6.07) is 6.17. The highest BCUT2D eigenvalue weighted by Gasteiger charge is 2.05. The van der Waals surface area contributed by atoms with Crippen LogP contribution >= 0.6 is 0 Å². The van der Waals surface area contributed by atoms with Crippen LogP contribution in [-0.2, 0) is 0 Å². The Morgan fingerprint density at radius 2 is 1.64 bits per heavy atom. The predicted octanol–water partition coefficient (Wildman–Crippen LogP) is 3.34. The van der Waals surface area contributed by atoms with E-state index in [0.717, 1.165) is 37.0 Å². The summed E-state index contributed by atoms with van der Waals surface area (Å²) in [5.74, 6) is 0.917. The zero-order chi connectivity index (χ0) is 16.8. The normalized spacial score (nSPS) is 13.3. The fourth-order valence-electron chi connectivity index (χ4n) is 1.85. The fraction of sp³-hybridized carbons (Fsp3) is 0.529. The molecule has 0 atom stereocenters. The van der Waals surface area contributed by atoms with Crippen LogP contribution in [0.4, 0.5) is 11.4 Å². The number of anilines is 1. The van der Waals surface area contributed by atoms with Gasteiger partial charge in [0.25, 0.3) is 0 Å². The van der Waals surface area contributed by atoms with E-state index in [1.165, 1.54) is 5.56 Å². The number of rotatable bonds is 0. The molecule has 2 heterocycles. The highest BCUT2D eigenvalue weighted by atomic mass is 15.2. The van der Waals surface area contributed by atoms with E-state index in [9.17, 15) is 0 Å². The molecule has 2 aliphatic heterocycles. The van der Waals surface area contributed by atoms with Crippen molar-refractivity contribution in [3.63, 3.8) is 0 Å². The number of hydrogen-bond acceptors (Lipinski definition) is 3. The summed E-state index contributed by atoms with van der Waals surface area (Å²) >= 11 is 0. The van der Waals surface area contributed by atoms with Crippen LogP contribution in [0, 0.1) is 6.92 Å². The van der Waals surface area contributed by atoms with Crippen LogP contribution in [0.3, 0.4) is 0 Å². The van der Waals surface area contributed by atoms with Gasteiger partial charge in [0.05, 0.1) is 17.9 Å². The van der Waals surface area contributed by atoms with E-state index in [1.807, 2.05) is 40.0 Å². The van der Waals surface area contributed by atoms with Crippen molar-refractivity contribution in [2.24, 2.45) is 9.98 Å². The number of nitrogens with one attached hydrogen (secondary N) is 3. The van der Waals surface area contributed by atoms with Crippen molar-refractivity contribution in [1.82, 2.24) is 10.6 Å². The monoisotopic (exact) mass is 305 g/mol. The number of nitrogens with zero attached hydrogens (tertiary/aromatic N) is 2. The van der Waals surface area contributed by atoms with Crippen molar-refractivity contribution in [2.45, 2.75) is 34.6 Å². The van der Waals surface area contributed by atoms with Gasteiger partial charge >= 0.3 is 0 Å². The Bertz CT molecular complexity index is 458. The molecule has 1 aromatic rings. The van der Waals surface area contributed by atoms with Gasteiger partial charge in [-0.1, -0.05) is 39.8 Å². The molecule has 1 aromatic carbocycles. The number of fused-ring (bicyclic) bond motifs is 1. The van der Waals surface area contributed by atoms with Crippen molar-refractivity contribution in [2.75, 3.05) is 32.0 Å². The quantitative estimate of drug-likeness (QED) is 0.689. The molecule has 124 valence electrons. The summed E-state index contributed by atoms with van der Waals surface area (Å²) < 4.78 is 0. The van der Waals surface area contributed by atoms with Gasteiger partial charge in [0.15, 0.2) is 5.96 Å². The maximum atomic E-state index is 4.31. The van der Waals surface area contributed by atoms with E-state index in [0.29, 0.717) is 0 Å². The molecule has 0 aliphatic carbocycles. The molecule has 0 unspecified atom stereocenters. The SMILES string of the molecule is CC.CC.CN=C1NCCN1.Cc1cccc2c1N=CCN2. The molecule has 0 aromatic heterocycles. The molecule has 0 spiro atoms. The molecule has 22 heavy (non-hydrogen) atoms. The molecule has 0 saturated carbocycles. The van der Waals surface area contributed by atoms with Crippen LogP contribution < -0.4 is 16.0 Å². The van der Waals surface area contributed by atoms with Crippen molar-refractivity contribution in [3.8, 4) is 0 Å². The second kappa shape index (κ2) is 12.7. The minimum absolute atomic E-state index is 0.844. The van der Waals surface area contributed by atoms with Crippen molar-refractivity contribution >= 4 is 23.5 Å². The average molecular weight is 305 g/mol. The molecule has 1 saturated heterocycles. The highest BCUT2D eigenvalue weighted by Crippen LogP contribution is 2.29. The van der Waals surface area contributed by atoms with Crippen molar-refractivity contribution in [3.05, 3.63) is 23.8 Å². The van der Waals surface area contributed by atoms with E-state index in [4.69, 9.17) is 0 Å². The molecular weight excluding hydrogens is 274 g/mol. The molecule has 3 rings (SSSR count). The molecule has 0 radical (unpaired) electrons. The van der Waals surface area contributed by atoms with E-state index < -0.39 is 0 Å². The van der Waals surface area contributed by atoms with Crippen LogP contribution in [0.5, 0.6) is 0 Å². The lowest BCUT2D eigenvalue weighted by molar-refractivity contribution is 0.942. The Balaban J connectivity index is 0.000000348. The summed E-state index contributed by atoms with van der Waals surface area (Å²) in [4.78, 5) is 8.19. The molecule has 5 nitrogen and oxygen atoms in total. The van der Waals surface area contributed by atoms with Gasteiger partial charge in [-0.25, -0.2) is 0 Å². The zero-order valence-electron chi connectivity index (χ0n) is 14.8. The van der Waals surface area contributed by atoms with Crippen LogP contribution in [0.15, 0.2) is 28.2 Å². The summed E-state index contributed by atoms with van der Waals surface area (Å²) in [5, 5.41) is 9.34. The second-order valence-corrected chi connectivity index (χ2v) is 4.09. The first-order valence-corrected chi connectivity index (χ1v) is 8.12. The Morgan fingerprint density at radius 3 is 2.14 bits per heavy atom.